The number of nitrogens with zero attached hydrogens (tertiary/aromatic N) is 4. The summed E-state index contributed by atoms with van der Waals surface area (Å²) in [7, 11) is 0. The molecule has 0 bridgehead atoms. The highest BCUT2D eigenvalue weighted by molar-refractivity contribution is 14.0. The van der Waals surface area contributed by atoms with E-state index in [2.05, 4.69) is 56.5 Å². The summed E-state index contributed by atoms with van der Waals surface area (Å²) in [6.07, 6.45) is 3.95. The van der Waals surface area contributed by atoms with Gasteiger partial charge in [-0.2, -0.15) is 0 Å². The maximum Gasteiger partial charge on any atom is 0.191 e. The predicted molar refractivity (Wildman–Crippen MR) is 123 cm³/mol. The Hall–Kier alpha value is -1.94. The van der Waals surface area contributed by atoms with Crippen molar-refractivity contribution in [3.05, 3.63) is 54.0 Å². The second-order valence-electron chi connectivity index (χ2n) is 6.52. The maximum absolute atomic E-state index is 5.59. The summed E-state index contributed by atoms with van der Waals surface area (Å²) in [6, 6.07) is 10.0. The molecule has 152 valence electrons. The molecule has 1 aliphatic heterocycles. The lowest BCUT2D eigenvalue weighted by Crippen LogP contribution is -2.41. The number of anilines is 1. The standard InChI is InChI=1S/C20H28N6O.HI/c1-3-21-20(25-14-18-6-4-5-9-22-18)24-13-17-7-8-19(23-12-17)26-10-11-27-16(2)15-26;/h4-9,12,16H,3,10-11,13-15H2,1-2H3,(H2,21,24,25);1H. The van der Waals surface area contributed by atoms with Gasteiger partial charge in [-0.25, -0.2) is 9.98 Å². The Kier molecular flexibility index (Phi) is 9.42. The Labute approximate surface area is 184 Å². The third-order valence-electron chi connectivity index (χ3n) is 4.30. The van der Waals surface area contributed by atoms with Crippen LogP contribution in [0.25, 0.3) is 0 Å². The Morgan fingerprint density at radius 2 is 2.14 bits per heavy atom. The molecule has 0 aliphatic carbocycles. The molecule has 2 N–H and O–H groups in total. The molecule has 2 aromatic rings. The van der Waals surface area contributed by atoms with Gasteiger partial charge in [0, 0.05) is 32.0 Å². The van der Waals surface area contributed by atoms with Crippen molar-refractivity contribution in [2.45, 2.75) is 33.0 Å². The summed E-state index contributed by atoms with van der Waals surface area (Å²) < 4.78 is 5.59. The molecule has 2 aromatic heterocycles. The molecule has 3 heterocycles. The van der Waals surface area contributed by atoms with Crippen LogP contribution in [0.1, 0.15) is 25.1 Å². The van der Waals surface area contributed by atoms with Gasteiger partial charge in [0.1, 0.15) is 5.82 Å². The van der Waals surface area contributed by atoms with Crippen molar-refractivity contribution >= 4 is 35.8 Å². The van der Waals surface area contributed by atoms with Crippen molar-refractivity contribution in [1.82, 2.24) is 20.6 Å². The van der Waals surface area contributed by atoms with E-state index < -0.39 is 0 Å². The zero-order chi connectivity index (χ0) is 18.9. The number of nitrogens with one attached hydrogen (secondary N) is 2. The molecule has 28 heavy (non-hydrogen) atoms. The molecular formula is C20H29IN6O. The van der Waals surface area contributed by atoms with Gasteiger partial charge in [-0.05, 0) is 37.6 Å². The highest BCUT2D eigenvalue weighted by Gasteiger charge is 2.17. The normalized spacial score (nSPS) is 17.0. The molecule has 0 aromatic carbocycles. The highest BCUT2D eigenvalue weighted by Crippen LogP contribution is 2.15. The van der Waals surface area contributed by atoms with E-state index in [0.29, 0.717) is 13.1 Å². The van der Waals surface area contributed by atoms with Gasteiger partial charge in [0.05, 0.1) is 31.5 Å². The van der Waals surface area contributed by atoms with Crippen LogP contribution in [0.4, 0.5) is 5.82 Å². The van der Waals surface area contributed by atoms with Gasteiger partial charge in [-0.3, -0.25) is 4.98 Å². The van der Waals surface area contributed by atoms with E-state index in [1.807, 2.05) is 24.4 Å². The van der Waals surface area contributed by atoms with Gasteiger partial charge in [-0.1, -0.05) is 12.1 Å². The van der Waals surface area contributed by atoms with Crippen molar-refractivity contribution in [1.29, 1.82) is 0 Å². The number of pyridine rings is 2. The lowest BCUT2D eigenvalue weighted by Gasteiger charge is -2.32. The monoisotopic (exact) mass is 496 g/mol. The number of guanidine groups is 1. The van der Waals surface area contributed by atoms with Crippen LogP contribution in [0.2, 0.25) is 0 Å². The first-order valence-corrected chi connectivity index (χ1v) is 9.48. The predicted octanol–water partition coefficient (Wildman–Crippen LogP) is 2.58. The van der Waals surface area contributed by atoms with Crippen molar-refractivity contribution in [3.63, 3.8) is 0 Å². The molecule has 1 atom stereocenters. The fraction of sp³-hybridized carbons (Fsp3) is 0.450. The molecule has 7 nitrogen and oxygen atoms in total. The van der Waals surface area contributed by atoms with E-state index >= 15 is 0 Å². The van der Waals surface area contributed by atoms with Crippen LogP contribution < -0.4 is 15.5 Å². The van der Waals surface area contributed by atoms with Crippen molar-refractivity contribution < 1.29 is 4.74 Å². The first kappa shape index (κ1) is 22.4. The van der Waals surface area contributed by atoms with E-state index in [1.54, 1.807) is 6.20 Å². The van der Waals surface area contributed by atoms with Crippen LogP contribution in [0.15, 0.2) is 47.7 Å². The number of hydrogen-bond acceptors (Lipinski definition) is 5. The summed E-state index contributed by atoms with van der Waals surface area (Å²) in [5.41, 5.74) is 2.06. The first-order chi connectivity index (χ1) is 13.2. The number of rotatable bonds is 6. The minimum atomic E-state index is 0. The quantitative estimate of drug-likeness (QED) is 0.364. The van der Waals surface area contributed by atoms with Crippen molar-refractivity contribution in [3.8, 4) is 0 Å². The number of halogens is 1. The minimum absolute atomic E-state index is 0. The second kappa shape index (κ2) is 11.8. The highest BCUT2D eigenvalue weighted by atomic mass is 127. The topological polar surface area (TPSA) is 74.7 Å². The molecule has 8 heteroatoms. The van der Waals surface area contributed by atoms with Gasteiger partial charge in [0.2, 0.25) is 0 Å². The molecule has 3 rings (SSSR count). The third-order valence-corrected chi connectivity index (χ3v) is 4.30. The summed E-state index contributed by atoms with van der Waals surface area (Å²) >= 11 is 0. The Morgan fingerprint density at radius 3 is 2.82 bits per heavy atom. The molecular weight excluding hydrogens is 467 g/mol. The lowest BCUT2D eigenvalue weighted by atomic mass is 10.2. The number of aromatic nitrogens is 2. The minimum Gasteiger partial charge on any atom is -0.375 e. The fourth-order valence-corrected chi connectivity index (χ4v) is 2.91. The molecule has 1 unspecified atom stereocenters. The molecule has 1 aliphatic rings. The fourth-order valence-electron chi connectivity index (χ4n) is 2.91. The van der Waals surface area contributed by atoms with E-state index in [1.165, 1.54) is 0 Å². The van der Waals surface area contributed by atoms with E-state index in [-0.39, 0.29) is 30.1 Å². The summed E-state index contributed by atoms with van der Waals surface area (Å²) in [4.78, 5) is 15.8. The number of hydrogen-bond donors (Lipinski definition) is 2. The van der Waals surface area contributed by atoms with Crippen LogP contribution in [-0.4, -0.2) is 48.3 Å². The Bertz CT molecular complexity index is 725. The van der Waals surface area contributed by atoms with E-state index in [9.17, 15) is 0 Å². The molecule has 0 amide bonds. The van der Waals surface area contributed by atoms with Crippen LogP contribution in [0, 0.1) is 0 Å². The Balaban J connectivity index is 0.00000280. The van der Waals surface area contributed by atoms with E-state index in [0.717, 1.165) is 49.3 Å². The van der Waals surface area contributed by atoms with Gasteiger partial charge >= 0.3 is 0 Å². The van der Waals surface area contributed by atoms with Gasteiger partial charge in [0.25, 0.3) is 0 Å². The average Bonchev–Trinajstić information content (AvgIpc) is 2.71. The summed E-state index contributed by atoms with van der Waals surface area (Å²) in [5.74, 6) is 1.77. The van der Waals surface area contributed by atoms with Crippen LogP contribution in [0.3, 0.4) is 0 Å². The number of ether oxygens (including phenoxy) is 1. The Morgan fingerprint density at radius 1 is 1.25 bits per heavy atom. The average molecular weight is 496 g/mol. The van der Waals surface area contributed by atoms with Gasteiger partial charge < -0.3 is 20.3 Å². The molecule has 0 radical (unpaired) electrons. The number of morpholine rings is 1. The van der Waals surface area contributed by atoms with Gasteiger partial charge in [-0.15, -0.1) is 24.0 Å². The smallest absolute Gasteiger partial charge is 0.191 e. The van der Waals surface area contributed by atoms with Crippen molar-refractivity contribution in [2.75, 3.05) is 31.1 Å². The summed E-state index contributed by atoms with van der Waals surface area (Å²) in [6.45, 7) is 8.68. The third kappa shape index (κ3) is 6.90. The second-order valence-corrected chi connectivity index (χ2v) is 6.52. The zero-order valence-corrected chi connectivity index (χ0v) is 18.8. The van der Waals surface area contributed by atoms with Crippen LogP contribution >= 0.6 is 24.0 Å². The number of aliphatic imine (C=N–C) groups is 1. The molecule has 1 fully saturated rings. The SMILES string of the molecule is CCNC(=NCc1ccc(N2CCOC(C)C2)nc1)NCc1ccccn1.I. The van der Waals surface area contributed by atoms with Crippen LogP contribution in [-0.2, 0) is 17.8 Å². The summed E-state index contributed by atoms with van der Waals surface area (Å²) in [5, 5.41) is 6.57. The molecule has 0 saturated carbocycles. The zero-order valence-electron chi connectivity index (χ0n) is 16.5. The first-order valence-electron chi connectivity index (χ1n) is 9.48. The largest absolute Gasteiger partial charge is 0.375 e. The van der Waals surface area contributed by atoms with Crippen molar-refractivity contribution in [2.24, 2.45) is 4.99 Å². The lowest BCUT2D eigenvalue weighted by molar-refractivity contribution is 0.0529. The van der Waals surface area contributed by atoms with E-state index in [4.69, 9.17) is 4.74 Å². The maximum atomic E-state index is 5.59. The molecule has 0 spiro atoms. The molecule has 1 saturated heterocycles. The van der Waals surface area contributed by atoms with Crippen LogP contribution in [0.5, 0.6) is 0 Å². The van der Waals surface area contributed by atoms with Gasteiger partial charge in [0.15, 0.2) is 5.96 Å².